The summed E-state index contributed by atoms with van der Waals surface area (Å²) in [6.07, 6.45) is 2.87. The maximum Gasteiger partial charge on any atom is 0.198 e. The molecule has 4 heteroatoms. The van der Waals surface area contributed by atoms with Gasteiger partial charge in [-0.05, 0) is 24.3 Å². The topological polar surface area (TPSA) is 56.2 Å². The fourth-order valence-electron chi connectivity index (χ4n) is 1.27. The maximum atomic E-state index is 11.9. The monoisotopic (exact) mass is 265 g/mol. The lowest BCUT2D eigenvalue weighted by atomic mass is 10.0. The Hall–Kier alpha value is -1.55. The van der Waals surface area contributed by atoms with E-state index in [1.165, 1.54) is 12.5 Å². The van der Waals surface area contributed by atoms with Crippen molar-refractivity contribution in [3.05, 3.63) is 52.4 Å². The number of carbonyl (C=O) groups is 1. The van der Waals surface area contributed by atoms with Crippen LogP contribution >= 0.6 is 15.9 Å². The summed E-state index contributed by atoms with van der Waals surface area (Å²) in [4.78, 5) is 11.9. The van der Waals surface area contributed by atoms with Crippen LogP contribution in [0.25, 0.3) is 0 Å². The van der Waals surface area contributed by atoms with Crippen molar-refractivity contribution in [3.63, 3.8) is 0 Å². The number of rotatable bonds is 2. The smallest absolute Gasteiger partial charge is 0.198 e. The van der Waals surface area contributed by atoms with Gasteiger partial charge >= 0.3 is 0 Å². The lowest BCUT2D eigenvalue weighted by Crippen LogP contribution is -2.04. The van der Waals surface area contributed by atoms with Crippen molar-refractivity contribution in [2.24, 2.45) is 0 Å². The van der Waals surface area contributed by atoms with Gasteiger partial charge in [0.2, 0.25) is 0 Å². The van der Waals surface area contributed by atoms with Gasteiger partial charge in [0.25, 0.3) is 0 Å². The largest absolute Gasteiger partial charge is 0.472 e. The van der Waals surface area contributed by atoms with E-state index in [0.717, 1.165) is 4.47 Å². The van der Waals surface area contributed by atoms with Crippen LogP contribution in [0.1, 0.15) is 15.9 Å². The number of benzene rings is 1. The zero-order valence-corrected chi connectivity index (χ0v) is 9.32. The minimum absolute atomic E-state index is 0.137. The number of nitrogen functional groups attached to an aromatic ring is 1. The Morgan fingerprint density at radius 2 is 2.13 bits per heavy atom. The first-order chi connectivity index (χ1) is 7.18. The minimum Gasteiger partial charge on any atom is -0.472 e. The molecule has 2 aromatic rings. The van der Waals surface area contributed by atoms with Gasteiger partial charge in [0, 0.05) is 15.7 Å². The number of ketones is 1. The van der Waals surface area contributed by atoms with Crippen LogP contribution in [0.15, 0.2) is 45.7 Å². The average Bonchev–Trinajstić information content (AvgIpc) is 2.74. The highest BCUT2D eigenvalue weighted by Gasteiger charge is 2.13. The van der Waals surface area contributed by atoms with Crippen LogP contribution in [0.3, 0.4) is 0 Å². The van der Waals surface area contributed by atoms with Crippen molar-refractivity contribution < 1.29 is 9.21 Å². The van der Waals surface area contributed by atoms with Crippen molar-refractivity contribution in [2.45, 2.75) is 0 Å². The van der Waals surface area contributed by atoms with Gasteiger partial charge in [-0.15, -0.1) is 0 Å². The van der Waals surface area contributed by atoms with E-state index in [0.29, 0.717) is 16.8 Å². The summed E-state index contributed by atoms with van der Waals surface area (Å²) < 4.78 is 5.68. The number of anilines is 1. The molecule has 1 aromatic heterocycles. The molecular weight excluding hydrogens is 258 g/mol. The quantitative estimate of drug-likeness (QED) is 0.671. The van der Waals surface area contributed by atoms with Crippen LogP contribution in [0.5, 0.6) is 0 Å². The first-order valence-corrected chi connectivity index (χ1v) is 5.09. The summed E-state index contributed by atoms with van der Waals surface area (Å²) in [6.45, 7) is 0. The molecule has 2 N–H and O–H groups in total. The van der Waals surface area contributed by atoms with Gasteiger partial charge in [0.15, 0.2) is 5.78 Å². The molecule has 0 aliphatic carbocycles. The SMILES string of the molecule is Nc1ccc(Br)cc1C(=O)c1ccoc1. The van der Waals surface area contributed by atoms with Crippen LogP contribution in [-0.2, 0) is 0 Å². The second-order valence-corrected chi connectivity index (χ2v) is 3.99. The lowest BCUT2D eigenvalue weighted by molar-refractivity contribution is 0.103. The molecule has 0 aliphatic heterocycles. The van der Waals surface area contributed by atoms with Crippen molar-refractivity contribution >= 4 is 27.4 Å². The lowest BCUT2D eigenvalue weighted by Gasteiger charge is -2.03. The standard InChI is InChI=1S/C11H8BrNO2/c12-8-1-2-10(13)9(5-8)11(14)7-3-4-15-6-7/h1-6H,13H2. The van der Waals surface area contributed by atoms with Crippen molar-refractivity contribution in [1.82, 2.24) is 0 Å². The maximum absolute atomic E-state index is 11.9. The average molecular weight is 266 g/mol. The Bertz CT molecular complexity index is 491. The van der Waals surface area contributed by atoms with E-state index < -0.39 is 0 Å². The molecule has 0 amide bonds. The number of halogens is 1. The molecule has 1 heterocycles. The zero-order valence-electron chi connectivity index (χ0n) is 7.74. The first-order valence-electron chi connectivity index (χ1n) is 4.30. The molecule has 0 saturated carbocycles. The summed E-state index contributed by atoms with van der Waals surface area (Å²) in [5.41, 5.74) is 7.16. The number of hydrogen-bond acceptors (Lipinski definition) is 3. The molecule has 1 aromatic carbocycles. The molecule has 76 valence electrons. The summed E-state index contributed by atoms with van der Waals surface area (Å²) in [5.74, 6) is -0.137. The van der Waals surface area contributed by atoms with Crippen LogP contribution in [-0.4, -0.2) is 5.78 Å². The van der Waals surface area contributed by atoms with E-state index in [-0.39, 0.29) is 5.78 Å². The molecule has 0 atom stereocenters. The molecule has 0 spiro atoms. The van der Waals surface area contributed by atoms with Crippen LogP contribution < -0.4 is 5.73 Å². The van der Waals surface area contributed by atoms with Crippen molar-refractivity contribution in [3.8, 4) is 0 Å². The van der Waals surface area contributed by atoms with Crippen molar-refractivity contribution in [1.29, 1.82) is 0 Å². The summed E-state index contributed by atoms with van der Waals surface area (Å²) in [5, 5.41) is 0. The molecule has 3 nitrogen and oxygen atoms in total. The molecule has 0 aliphatic rings. The van der Waals surface area contributed by atoms with Gasteiger partial charge in [-0.3, -0.25) is 4.79 Å². The first kappa shape index (κ1) is 9.98. The Kier molecular flexibility index (Phi) is 2.60. The molecule has 2 rings (SSSR count). The molecule has 15 heavy (non-hydrogen) atoms. The van der Waals surface area contributed by atoms with Crippen LogP contribution in [0.2, 0.25) is 0 Å². The van der Waals surface area contributed by atoms with E-state index in [1.54, 1.807) is 24.3 Å². The third kappa shape index (κ3) is 1.94. The van der Waals surface area contributed by atoms with E-state index in [9.17, 15) is 4.79 Å². The summed E-state index contributed by atoms with van der Waals surface area (Å²) in [6, 6.07) is 6.80. The molecule has 0 unspecified atom stereocenters. The third-order valence-electron chi connectivity index (χ3n) is 2.04. The van der Waals surface area contributed by atoms with Gasteiger partial charge in [-0.25, -0.2) is 0 Å². The van der Waals surface area contributed by atoms with Gasteiger partial charge in [0.1, 0.15) is 6.26 Å². The summed E-state index contributed by atoms with van der Waals surface area (Å²) in [7, 11) is 0. The fourth-order valence-corrected chi connectivity index (χ4v) is 1.64. The number of hydrogen-bond donors (Lipinski definition) is 1. The van der Waals surface area contributed by atoms with E-state index >= 15 is 0 Å². The fraction of sp³-hybridized carbons (Fsp3) is 0. The van der Waals surface area contributed by atoms with Gasteiger partial charge in [0.05, 0.1) is 11.8 Å². The molecular formula is C11H8BrNO2. The van der Waals surface area contributed by atoms with Crippen LogP contribution in [0.4, 0.5) is 5.69 Å². The Balaban J connectivity index is 2.46. The van der Waals surface area contributed by atoms with Gasteiger partial charge in [-0.1, -0.05) is 15.9 Å². The number of furan rings is 1. The minimum atomic E-state index is -0.137. The second kappa shape index (κ2) is 3.90. The molecule has 0 fully saturated rings. The molecule has 0 bridgehead atoms. The van der Waals surface area contributed by atoms with E-state index in [2.05, 4.69) is 15.9 Å². The Morgan fingerprint density at radius 1 is 1.33 bits per heavy atom. The zero-order chi connectivity index (χ0) is 10.8. The Morgan fingerprint density at radius 3 is 2.80 bits per heavy atom. The Labute approximate surface area is 95.0 Å². The van der Waals surface area contributed by atoms with Crippen LogP contribution in [0, 0.1) is 0 Å². The highest BCUT2D eigenvalue weighted by atomic mass is 79.9. The van der Waals surface area contributed by atoms with Crippen molar-refractivity contribution in [2.75, 3.05) is 5.73 Å². The number of carbonyl (C=O) groups excluding carboxylic acids is 1. The van der Waals surface area contributed by atoms with E-state index in [4.69, 9.17) is 10.2 Å². The second-order valence-electron chi connectivity index (χ2n) is 3.07. The third-order valence-corrected chi connectivity index (χ3v) is 2.54. The normalized spacial score (nSPS) is 10.2. The van der Waals surface area contributed by atoms with E-state index in [1.807, 2.05) is 0 Å². The highest BCUT2D eigenvalue weighted by molar-refractivity contribution is 9.10. The van der Waals surface area contributed by atoms with Gasteiger partial charge in [-0.2, -0.15) is 0 Å². The highest BCUT2D eigenvalue weighted by Crippen LogP contribution is 2.21. The predicted octanol–water partition coefficient (Wildman–Crippen LogP) is 2.86. The predicted molar refractivity (Wildman–Crippen MR) is 60.7 cm³/mol. The number of nitrogens with two attached hydrogens (primary N) is 1. The summed E-state index contributed by atoms with van der Waals surface area (Å²) >= 11 is 3.30. The molecule has 0 radical (unpaired) electrons. The molecule has 0 saturated heterocycles. The van der Waals surface area contributed by atoms with Gasteiger partial charge < -0.3 is 10.2 Å².